The zero-order chi connectivity index (χ0) is 14.6. The number of halogens is 2. The maximum absolute atomic E-state index is 13.5. The maximum Gasteiger partial charge on any atom is 0.323 e. The summed E-state index contributed by atoms with van der Waals surface area (Å²) >= 11 is 2.87. The lowest BCUT2D eigenvalue weighted by Gasteiger charge is -2.22. The number of aliphatic carboxylic acids is 1. The number of nitro groups is 1. The lowest BCUT2D eigenvalue weighted by atomic mass is 10.2. The summed E-state index contributed by atoms with van der Waals surface area (Å²) in [6.07, 6.45) is 0.585. The van der Waals surface area contributed by atoms with Gasteiger partial charge in [0.1, 0.15) is 18.0 Å². The van der Waals surface area contributed by atoms with Gasteiger partial charge in [-0.3, -0.25) is 14.9 Å². The van der Waals surface area contributed by atoms with Crippen LogP contribution in [0.2, 0.25) is 0 Å². The highest BCUT2D eigenvalue weighted by molar-refractivity contribution is 9.10. The fourth-order valence-electron chi connectivity index (χ4n) is 1.64. The van der Waals surface area contributed by atoms with Crippen LogP contribution in [-0.2, 0) is 4.79 Å². The molecule has 8 heteroatoms. The lowest BCUT2D eigenvalue weighted by Crippen LogP contribution is -2.31. The van der Waals surface area contributed by atoms with Crippen LogP contribution in [0.4, 0.5) is 15.8 Å². The van der Waals surface area contributed by atoms with Crippen LogP contribution in [0, 0.1) is 15.9 Å². The molecule has 0 heterocycles. The van der Waals surface area contributed by atoms with Crippen LogP contribution < -0.4 is 4.90 Å². The number of nitrogens with zero attached hydrogens (tertiary/aromatic N) is 2. The first-order valence-electron chi connectivity index (χ1n) is 5.47. The van der Waals surface area contributed by atoms with Crippen molar-refractivity contribution in [3.8, 4) is 0 Å². The van der Waals surface area contributed by atoms with Crippen molar-refractivity contribution in [2.75, 3.05) is 18.0 Å². The minimum atomic E-state index is -1.13. The standard InChI is InChI=1S/C11H12BrFN2O4/c1-2-3-14(6-11(16)17)9-5-8(13)7(12)4-10(9)15(18)19/h4-5H,2-3,6H2,1H3,(H,16,17). The molecule has 1 aromatic rings. The van der Waals surface area contributed by atoms with Crippen molar-refractivity contribution in [1.29, 1.82) is 0 Å². The Morgan fingerprint density at radius 1 is 1.58 bits per heavy atom. The van der Waals surface area contributed by atoms with E-state index in [2.05, 4.69) is 15.9 Å². The minimum absolute atomic E-state index is 0.0325. The molecule has 1 aromatic carbocycles. The summed E-state index contributed by atoms with van der Waals surface area (Å²) in [6, 6.07) is 2.01. The number of anilines is 1. The van der Waals surface area contributed by atoms with Gasteiger partial charge in [-0.2, -0.15) is 0 Å². The van der Waals surface area contributed by atoms with Gasteiger partial charge in [-0.15, -0.1) is 0 Å². The third-order valence-electron chi connectivity index (χ3n) is 2.37. The summed E-state index contributed by atoms with van der Waals surface area (Å²) in [7, 11) is 0. The van der Waals surface area contributed by atoms with Crippen molar-refractivity contribution in [2.24, 2.45) is 0 Å². The molecule has 0 amide bonds. The maximum atomic E-state index is 13.5. The van der Waals surface area contributed by atoms with E-state index in [4.69, 9.17) is 5.11 Å². The third-order valence-corrected chi connectivity index (χ3v) is 2.98. The Bertz CT molecular complexity index is 510. The highest BCUT2D eigenvalue weighted by Gasteiger charge is 2.23. The molecule has 0 aliphatic heterocycles. The van der Waals surface area contributed by atoms with Crippen LogP contribution in [0.15, 0.2) is 16.6 Å². The molecule has 0 aromatic heterocycles. The Hall–Kier alpha value is -1.70. The summed E-state index contributed by atoms with van der Waals surface area (Å²) < 4.78 is 13.5. The average Bonchev–Trinajstić information content (AvgIpc) is 2.30. The Morgan fingerprint density at radius 3 is 2.68 bits per heavy atom. The molecule has 19 heavy (non-hydrogen) atoms. The van der Waals surface area contributed by atoms with Crippen LogP contribution >= 0.6 is 15.9 Å². The summed E-state index contributed by atoms with van der Waals surface area (Å²) in [5.41, 5.74) is -0.363. The zero-order valence-electron chi connectivity index (χ0n) is 10.1. The Balaban J connectivity index is 3.30. The van der Waals surface area contributed by atoms with E-state index in [9.17, 15) is 19.3 Å². The quantitative estimate of drug-likeness (QED) is 0.638. The number of hydrogen-bond donors (Lipinski definition) is 1. The Morgan fingerprint density at radius 2 is 2.21 bits per heavy atom. The molecule has 0 spiro atoms. The number of carboxylic acids is 1. The fourth-order valence-corrected chi connectivity index (χ4v) is 1.97. The molecule has 0 saturated carbocycles. The van der Waals surface area contributed by atoms with E-state index in [1.54, 1.807) is 6.92 Å². The predicted octanol–water partition coefficient (Wildman–Crippen LogP) is 2.80. The second kappa shape index (κ2) is 6.46. The molecule has 1 N–H and O–H groups in total. The van der Waals surface area contributed by atoms with E-state index >= 15 is 0 Å². The number of carbonyl (C=O) groups is 1. The number of rotatable bonds is 6. The predicted molar refractivity (Wildman–Crippen MR) is 70.9 cm³/mol. The lowest BCUT2D eigenvalue weighted by molar-refractivity contribution is -0.384. The molecule has 0 atom stereocenters. The van der Waals surface area contributed by atoms with Gasteiger partial charge in [-0.25, -0.2) is 4.39 Å². The normalized spacial score (nSPS) is 10.3. The first-order chi connectivity index (χ1) is 8.86. The summed E-state index contributed by atoms with van der Waals surface area (Å²) in [4.78, 5) is 22.4. The van der Waals surface area contributed by atoms with Crippen molar-refractivity contribution < 1.29 is 19.2 Å². The zero-order valence-corrected chi connectivity index (χ0v) is 11.7. The molecular weight excluding hydrogens is 323 g/mol. The molecule has 0 bridgehead atoms. The Labute approximate surface area is 117 Å². The van der Waals surface area contributed by atoms with Crippen molar-refractivity contribution >= 4 is 33.3 Å². The summed E-state index contributed by atoms with van der Waals surface area (Å²) in [6.45, 7) is 1.67. The second-order valence-electron chi connectivity index (χ2n) is 3.83. The molecular formula is C11H12BrFN2O4. The van der Waals surface area contributed by atoms with Crippen molar-refractivity contribution in [2.45, 2.75) is 13.3 Å². The van der Waals surface area contributed by atoms with E-state index in [0.717, 1.165) is 12.1 Å². The van der Waals surface area contributed by atoms with Crippen LogP contribution in [0.3, 0.4) is 0 Å². The van der Waals surface area contributed by atoms with Crippen molar-refractivity contribution in [3.05, 3.63) is 32.5 Å². The van der Waals surface area contributed by atoms with Crippen LogP contribution in [0.5, 0.6) is 0 Å². The van der Waals surface area contributed by atoms with E-state index < -0.39 is 23.3 Å². The Kier molecular flexibility index (Phi) is 5.22. The van der Waals surface area contributed by atoms with Gasteiger partial charge >= 0.3 is 5.97 Å². The SMILES string of the molecule is CCCN(CC(=O)O)c1cc(F)c(Br)cc1[N+](=O)[O-]. The second-order valence-corrected chi connectivity index (χ2v) is 4.68. The van der Waals surface area contributed by atoms with Gasteiger partial charge in [0.05, 0.1) is 9.40 Å². The molecule has 0 saturated heterocycles. The topological polar surface area (TPSA) is 83.7 Å². The van der Waals surface area contributed by atoms with Crippen LogP contribution in [0.1, 0.15) is 13.3 Å². The molecule has 0 aliphatic rings. The summed E-state index contributed by atoms with van der Waals surface area (Å²) in [5, 5.41) is 19.8. The smallest absolute Gasteiger partial charge is 0.323 e. The van der Waals surface area contributed by atoms with Gasteiger partial charge < -0.3 is 10.0 Å². The average molecular weight is 335 g/mol. The first kappa shape index (κ1) is 15.4. The minimum Gasteiger partial charge on any atom is -0.480 e. The van der Waals surface area contributed by atoms with Gasteiger partial charge in [0.15, 0.2) is 0 Å². The van der Waals surface area contributed by atoms with Crippen LogP contribution in [0.25, 0.3) is 0 Å². The largest absolute Gasteiger partial charge is 0.480 e. The van der Waals surface area contributed by atoms with Crippen LogP contribution in [-0.4, -0.2) is 29.1 Å². The fraction of sp³-hybridized carbons (Fsp3) is 0.364. The highest BCUT2D eigenvalue weighted by Crippen LogP contribution is 2.33. The van der Waals surface area contributed by atoms with E-state index in [-0.39, 0.29) is 22.4 Å². The molecule has 6 nitrogen and oxygen atoms in total. The van der Waals surface area contributed by atoms with Crippen molar-refractivity contribution in [3.63, 3.8) is 0 Å². The van der Waals surface area contributed by atoms with Gasteiger partial charge in [0, 0.05) is 18.7 Å². The number of hydrogen-bond acceptors (Lipinski definition) is 4. The van der Waals surface area contributed by atoms with E-state index in [1.165, 1.54) is 4.90 Å². The molecule has 0 unspecified atom stereocenters. The van der Waals surface area contributed by atoms with Gasteiger partial charge in [0.25, 0.3) is 5.69 Å². The van der Waals surface area contributed by atoms with Gasteiger partial charge in [0.2, 0.25) is 0 Å². The van der Waals surface area contributed by atoms with Gasteiger partial charge in [-0.05, 0) is 22.4 Å². The first-order valence-corrected chi connectivity index (χ1v) is 6.26. The monoisotopic (exact) mass is 334 g/mol. The molecule has 1 rings (SSSR count). The molecule has 0 radical (unpaired) electrons. The number of benzene rings is 1. The molecule has 0 fully saturated rings. The number of nitro benzene ring substituents is 1. The molecule has 0 aliphatic carbocycles. The highest BCUT2D eigenvalue weighted by atomic mass is 79.9. The molecule has 104 valence electrons. The van der Waals surface area contributed by atoms with Crippen molar-refractivity contribution in [1.82, 2.24) is 0 Å². The number of carboxylic acid groups (broad SMARTS) is 1. The third kappa shape index (κ3) is 3.88. The summed E-state index contributed by atoms with van der Waals surface area (Å²) in [5.74, 6) is -1.81. The van der Waals surface area contributed by atoms with Gasteiger partial charge in [-0.1, -0.05) is 6.92 Å². The van der Waals surface area contributed by atoms with E-state index in [0.29, 0.717) is 6.42 Å². The van der Waals surface area contributed by atoms with E-state index in [1.807, 2.05) is 0 Å².